The monoisotopic (exact) mass is 252 g/mol. The van der Waals surface area contributed by atoms with Crippen LogP contribution in [0.15, 0.2) is 0 Å². The molecule has 0 aliphatic heterocycles. The molecule has 12 heteroatoms. The summed E-state index contributed by atoms with van der Waals surface area (Å²) in [4.78, 5) is 9.00. The van der Waals surface area contributed by atoms with Gasteiger partial charge in [0.2, 0.25) is 0 Å². The van der Waals surface area contributed by atoms with Crippen LogP contribution in [-0.4, -0.2) is 77.7 Å². The summed E-state index contributed by atoms with van der Waals surface area (Å²) >= 11 is 0. The lowest BCUT2D eigenvalue weighted by atomic mass is 10.9. The van der Waals surface area contributed by atoms with Crippen molar-refractivity contribution in [2.75, 3.05) is 0 Å². The number of rotatable bonds is 0. The fraction of sp³-hybridized carbons (Fsp3) is 0.500. The molecular weight excluding hydrogens is 227 g/mol. The average Bonchev–Trinajstić information content (AvgIpc) is 0.811. The maximum Gasteiger partial charge on any atom is 0.300 e. The molecule has 0 saturated carbocycles. The maximum atomic E-state index is 9.00. The SMILES string of the molecule is CC(=O)O.O.O.O.O.O.O.O.O.O.[AlH3]. The molecule has 0 spiro atoms. The van der Waals surface area contributed by atoms with Gasteiger partial charge in [-0.15, -0.1) is 0 Å². The summed E-state index contributed by atoms with van der Waals surface area (Å²) in [5, 5.41) is 7.42. The van der Waals surface area contributed by atoms with Crippen LogP contribution in [0.2, 0.25) is 0 Å². The first kappa shape index (κ1) is 312. The molecule has 0 unspecified atom stereocenters. The van der Waals surface area contributed by atoms with Gasteiger partial charge in [0.15, 0.2) is 17.4 Å². The lowest BCUT2D eigenvalue weighted by molar-refractivity contribution is -0.134. The van der Waals surface area contributed by atoms with E-state index in [1.54, 1.807) is 0 Å². The van der Waals surface area contributed by atoms with Crippen molar-refractivity contribution in [3.05, 3.63) is 0 Å². The van der Waals surface area contributed by atoms with E-state index >= 15 is 0 Å². The Balaban J connectivity index is -0.000000001000. The molecule has 0 aromatic rings. The van der Waals surface area contributed by atoms with Crippen LogP contribution < -0.4 is 0 Å². The van der Waals surface area contributed by atoms with Gasteiger partial charge in [-0.2, -0.15) is 0 Å². The average molecular weight is 252 g/mol. The van der Waals surface area contributed by atoms with E-state index < -0.39 is 5.97 Å². The third-order valence-electron chi connectivity index (χ3n) is 0. The van der Waals surface area contributed by atoms with Gasteiger partial charge in [-0.3, -0.25) is 4.79 Å². The Hall–Kier alpha value is -0.358. The number of carboxylic acid groups (broad SMARTS) is 1. The third-order valence-corrected chi connectivity index (χ3v) is 0. The van der Waals surface area contributed by atoms with Gasteiger partial charge in [0.25, 0.3) is 5.97 Å². The summed E-state index contributed by atoms with van der Waals surface area (Å²) in [6, 6.07) is 0. The summed E-state index contributed by atoms with van der Waals surface area (Å²) in [7, 11) is 0. The van der Waals surface area contributed by atoms with E-state index in [2.05, 4.69) is 0 Å². The van der Waals surface area contributed by atoms with E-state index in [9.17, 15) is 0 Å². The number of hydrogen-bond donors (Lipinski definition) is 1. The van der Waals surface area contributed by atoms with Gasteiger partial charge in [0.05, 0.1) is 0 Å². The predicted molar refractivity (Wildman–Crippen MR) is 55.8 cm³/mol. The molecule has 0 aliphatic carbocycles. The highest BCUT2D eigenvalue weighted by Gasteiger charge is 1.65. The second-order valence-corrected chi connectivity index (χ2v) is 0.519. The smallest absolute Gasteiger partial charge is 0.300 e. The summed E-state index contributed by atoms with van der Waals surface area (Å²) < 4.78 is 0. The second-order valence-electron chi connectivity index (χ2n) is 0.519. The van der Waals surface area contributed by atoms with Crippen molar-refractivity contribution in [2.45, 2.75) is 6.92 Å². The van der Waals surface area contributed by atoms with Crippen LogP contribution in [-0.2, 0) is 4.79 Å². The van der Waals surface area contributed by atoms with E-state index in [4.69, 9.17) is 9.90 Å². The minimum atomic E-state index is -0.833. The van der Waals surface area contributed by atoms with Gasteiger partial charge in [-0.1, -0.05) is 0 Å². The molecule has 19 N–H and O–H groups in total. The quantitative estimate of drug-likeness (QED) is 0.410. The van der Waals surface area contributed by atoms with E-state index in [1.165, 1.54) is 0 Å². The Kier molecular flexibility index (Phi) is 5470. The molecule has 0 aliphatic rings. The van der Waals surface area contributed by atoms with Crippen LogP contribution in [0.3, 0.4) is 0 Å². The minimum absolute atomic E-state index is 0. The highest BCUT2D eigenvalue weighted by Crippen LogP contribution is 1.42. The van der Waals surface area contributed by atoms with E-state index in [-0.39, 0.29) is 66.6 Å². The van der Waals surface area contributed by atoms with Gasteiger partial charge < -0.3 is 54.4 Å². The van der Waals surface area contributed by atoms with Crippen molar-refractivity contribution in [3.63, 3.8) is 0 Å². The molecule has 0 aromatic carbocycles. The van der Waals surface area contributed by atoms with Crippen LogP contribution in [0.4, 0.5) is 0 Å². The fourth-order valence-corrected chi connectivity index (χ4v) is 0. The molecule has 0 fully saturated rings. The highest BCUT2D eigenvalue weighted by atomic mass is 27.0. The van der Waals surface area contributed by atoms with Crippen molar-refractivity contribution >= 4 is 23.3 Å². The lowest BCUT2D eigenvalue weighted by Crippen LogP contribution is -1.78. The first-order valence-electron chi connectivity index (χ1n) is 0.928. The summed E-state index contributed by atoms with van der Waals surface area (Å²) in [6.45, 7) is 1.08. The van der Waals surface area contributed by atoms with Gasteiger partial charge in [-0.25, -0.2) is 0 Å². The normalized spacial score (nSPS) is 1.79. The number of aliphatic carboxylic acids is 1. The summed E-state index contributed by atoms with van der Waals surface area (Å²) in [5.41, 5.74) is 0. The predicted octanol–water partition coefficient (Wildman–Crippen LogP) is -8.52. The zero-order valence-electron chi connectivity index (χ0n) is 6.86. The van der Waals surface area contributed by atoms with Crippen molar-refractivity contribution < 1.29 is 59.2 Å². The van der Waals surface area contributed by atoms with Crippen LogP contribution in [0, 0.1) is 0 Å². The highest BCUT2D eigenvalue weighted by molar-refractivity contribution is 5.75. The molecule has 0 saturated heterocycles. The zero-order chi connectivity index (χ0) is 3.58. The number of carboxylic acids is 1. The number of carbonyl (C=O) groups is 1. The minimum Gasteiger partial charge on any atom is -0.481 e. The maximum absolute atomic E-state index is 9.00. The first-order chi connectivity index (χ1) is 1.73. The molecule has 0 aromatic heterocycles. The van der Waals surface area contributed by atoms with Gasteiger partial charge in [0.1, 0.15) is 0 Å². The molecule has 0 atom stereocenters. The van der Waals surface area contributed by atoms with Crippen molar-refractivity contribution in [1.29, 1.82) is 0 Å². The standard InChI is InChI=1S/C2H4O2.Al.9H2O.3H/c1-2(3)4;;;;;;;;;;;;;/h1H3,(H,3,4);;9*1H2;;;. The van der Waals surface area contributed by atoms with Crippen LogP contribution in [0.5, 0.6) is 0 Å². The van der Waals surface area contributed by atoms with E-state index in [0.29, 0.717) is 0 Å². The molecular formula is C2H25AlO11. The van der Waals surface area contributed by atoms with E-state index in [1.807, 2.05) is 0 Å². The topological polar surface area (TPSA) is 321 Å². The van der Waals surface area contributed by atoms with Gasteiger partial charge >= 0.3 is 0 Å². The molecule has 14 heavy (non-hydrogen) atoms. The molecule has 0 radical (unpaired) electrons. The molecule has 0 heterocycles. The van der Waals surface area contributed by atoms with Crippen molar-refractivity contribution in [1.82, 2.24) is 0 Å². The van der Waals surface area contributed by atoms with Crippen LogP contribution in [0.1, 0.15) is 6.92 Å². The molecule has 102 valence electrons. The Morgan fingerprint density at radius 2 is 0.714 bits per heavy atom. The Labute approximate surface area is 90.3 Å². The van der Waals surface area contributed by atoms with Crippen molar-refractivity contribution in [2.24, 2.45) is 0 Å². The largest absolute Gasteiger partial charge is 0.481 e. The fourth-order valence-electron chi connectivity index (χ4n) is 0. The molecule has 0 amide bonds. The van der Waals surface area contributed by atoms with Crippen LogP contribution in [0.25, 0.3) is 0 Å². The molecule has 0 bridgehead atoms. The van der Waals surface area contributed by atoms with Crippen LogP contribution >= 0.6 is 0 Å². The van der Waals surface area contributed by atoms with Crippen molar-refractivity contribution in [3.8, 4) is 0 Å². The van der Waals surface area contributed by atoms with E-state index in [0.717, 1.165) is 6.92 Å². The molecule has 11 nitrogen and oxygen atoms in total. The van der Waals surface area contributed by atoms with Gasteiger partial charge in [0, 0.05) is 6.92 Å². The summed E-state index contributed by atoms with van der Waals surface area (Å²) in [5.74, 6) is -0.833. The zero-order valence-corrected chi connectivity index (χ0v) is 6.86. The Morgan fingerprint density at radius 1 is 0.714 bits per heavy atom. The summed E-state index contributed by atoms with van der Waals surface area (Å²) in [6.07, 6.45) is 0. The molecule has 0 rings (SSSR count). The second kappa shape index (κ2) is 245. The first-order valence-corrected chi connectivity index (χ1v) is 0.928. The Bertz CT molecular complexity index is 36.3. The number of hydrogen-bond acceptors (Lipinski definition) is 1. The Morgan fingerprint density at radius 3 is 0.714 bits per heavy atom. The third kappa shape index (κ3) is 10300. The van der Waals surface area contributed by atoms with Gasteiger partial charge in [-0.05, 0) is 0 Å². The lowest BCUT2D eigenvalue weighted by Gasteiger charge is -1.59.